The second-order valence-electron chi connectivity index (χ2n) is 7.39. The van der Waals surface area contributed by atoms with Crippen LogP contribution in [0.3, 0.4) is 0 Å². The van der Waals surface area contributed by atoms with Crippen LogP contribution in [-0.4, -0.2) is 24.4 Å². The first-order valence-electron chi connectivity index (χ1n) is 10.8. The molecule has 0 saturated heterocycles. The Kier molecular flexibility index (Phi) is 9.05. The topological polar surface area (TPSA) is 93.7 Å². The molecule has 34 heavy (non-hydrogen) atoms. The van der Waals surface area contributed by atoms with E-state index in [1.807, 2.05) is 19.1 Å². The second kappa shape index (κ2) is 12.4. The highest BCUT2D eigenvalue weighted by atomic mass is 35.5. The van der Waals surface area contributed by atoms with Crippen LogP contribution in [-0.2, 0) is 25.5 Å². The van der Waals surface area contributed by atoms with Crippen molar-refractivity contribution in [1.82, 2.24) is 0 Å². The molecule has 2 amide bonds. The number of hydrogen-bond donors (Lipinski definition) is 2. The van der Waals surface area contributed by atoms with Crippen LogP contribution < -0.4 is 15.4 Å². The molecule has 0 aromatic heterocycles. The van der Waals surface area contributed by atoms with Gasteiger partial charge < -0.3 is 20.1 Å². The average molecular weight is 481 g/mol. The van der Waals surface area contributed by atoms with E-state index in [0.717, 1.165) is 12.0 Å². The van der Waals surface area contributed by atoms with Crippen LogP contribution in [0, 0.1) is 0 Å². The Morgan fingerprint density at radius 3 is 1.85 bits per heavy atom. The van der Waals surface area contributed by atoms with Gasteiger partial charge in [-0.3, -0.25) is 14.4 Å². The second-order valence-corrected chi connectivity index (χ2v) is 7.82. The molecule has 0 saturated carbocycles. The van der Waals surface area contributed by atoms with Crippen LogP contribution in [0.2, 0.25) is 5.02 Å². The van der Waals surface area contributed by atoms with Gasteiger partial charge in [-0.2, -0.15) is 0 Å². The van der Waals surface area contributed by atoms with Gasteiger partial charge in [-0.15, -0.1) is 0 Å². The maximum absolute atomic E-state index is 12.1. The Hall–Kier alpha value is -3.84. The lowest BCUT2D eigenvalue weighted by Crippen LogP contribution is -2.21. The summed E-state index contributed by atoms with van der Waals surface area (Å²) in [6, 6.07) is 21.2. The first-order valence-corrected chi connectivity index (χ1v) is 11.2. The number of carbonyl (C=O) groups excluding carboxylic acids is 3. The highest BCUT2D eigenvalue weighted by molar-refractivity contribution is 6.30. The first-order chi connectivity index (χ1) is 16.4. The zero-order valence-corrected chi connectivity index (χ0v) is 19.4. The Morgan fingerprint density at radius 2 is 1.26 bits per heavy atom. The number of halogens is 1. The van der Waals surface area contributed by atoms with E-state index in [4.69, 9.17) is 21.1 Å². The third-order valence-corrected chi connectivity index (χ3v) is 5.01. The van der Waals surface area contributed by atoms with Crippen LogP contribution in [0.25, 0.3) is 0 Å². The fourth-order valence-corrected chi connectivity index (χ4v) is 3.05. The minimum absolute atomic E-state index is 0.0675. The van der Waals surface area contributed by atoms with E-state index >= 15 is 0 Å². The summed E-state index contributed by atoms with van der Waals surface area (Å²) < 4.78 is 10.6. The molecule has 0 radical (unpaired) electrons. The molecule has 0 unspecified atom stereocenters. The molecule has 3 aromatic carbocycles. The van der Waals surface area contributed by atoms with E-state index in [1.54, 1.807) is 60.7 Å². The molecule has 7 nitrogen and oxygen atoms in total. The van der Waals surface area contributed by atoms with Crippen LogP contribution in [0.15, 0.2) is 72.8 Å². The van der Waals surface area contributed by atoms with Crippen molar-refractivity contribution >= 4 is 40.8 Å². The monoisotopic (exact) mass is 480 g/mol. The number of aryl methyl sites for hydroxylation is 1. The van der Waals surface area contributed by atoms with Gasteiger partial charge in [0.1, 0.15) is 11.5 Å². The van der Waals surface area contributed by atoms with Gasteiger partial charge in [0.15, 0.2) is 6.61 Å². The Labute approximate surface area is 203 Å². The molecule has 176 valence electrons. The quantitative estimate of drug-likeness (QED) is 0.368. The van der Waals surface area contributed by atoms with Crippen LogP contribution >= 0.6 is 11.6 Å². The summed E-state index contributed by atoms with van der Waals surface area (Å²) in [6.07, 6.45) is 0.702. The highest BCUT2D eigenvalue weighted by Gasteiger charge is 2.11. The Balaban J connectivity index is 1.35. The highest BCUT2D eigenvalue weighted by Crippen LogP contribution is 2.24. The van der Waals surface area contributed by atoms with Gasteiger partial charge in [-0.25, -0.2) is 0 Å². The van der Waals surface area contributed by atoms with Crippen molar-refractivity contribution in [3.63, 3.8) is 0 Å². The molecule has 0 aliphatic rings. The zero-order valence-electron chi connectivity index (χ0n) is 18.7. The summed E-state index contributed by atoms with van der Waals surface area (Å²) in [5.74, 6) is -0.170. The van der Waals surface area contributed by atoms with Gasteiger partial charge in [-0.05, 0) is 72.6 Å². The maximum atomic E-state index is 12.1. The number of esters is 1. The summed E-state index contributed by atoms with van der Waals surface area (Å²) in [7, 11) is 0. The molecule has 3 rings (SSSR count). The van der Waals surface area contributed by atoms with E-state index in [9.17, 15) is 14.4 Å². The molecule has 0 fully saturated rings. The number of ether oxygens (including phenoxy) is 2. The third-order valence-electron chi connectivity index (χ3n) is 4.75. The summed E-state index contributed by atoms with van der Waals surface area (Å²) >= 11 is 5.86. The lowest BCUT2D eigenvalue weighted by molar-refractivity contribution is -0.147. The average Bonchev–Trinajstić information content (AvgIpc) is 2.84. The van der Waals surface area contributed by atoms with Crippen molar-refractivity contribution in [3.8, 4) is 11.5 Å². The van der Waals surface area contributed by atoms with Crippen molar-refractivity contribution < 1.29 is 23.9 Å². The van der Waals surface area contributed by atoms with Crippen LogP contribution in [0.1, 0.15) is 25.3 Å². The third kappa shape index (κ3) is 8.26. The number of carbonyl (C=O) groups is 3. The number of nitrogens with one attached hydrogen (secondary N) is 2. The Bertz CT molecular complexity index is 1110. The molecule has 0 atom stereocenters. The van der Waals surface area contributed by atoms with E-state index in [1.165, 1.54) is 0 Å². The van der Waals surface area contributed by atoms with Crippen molar-refractivity contribution in [1.29, 1.82) is 0 Å². The molecule has 0 aliphatic heterocycles. The van der Waals surface area contributed by atoms with Crippen molar-refractivity contribution in [3.05, 3.63) is 83.4 Å². The predicted molar refractivity (Wildman–Crippen MR) is 131 cm³/mol. The van der Waals surface area contributed by atoms with Crippen molar-refractivity contribution in [2.24, 2.45) is 0 Å². The van der Waals surface area contributed by atoms with Gasteiger partial charge in [-0.1, -0.05) is 30.7 Å². The smallest absolute Gasteiger partial charge is 0.306 e. The predicted octanol–water partition coefficient (Wildman–Crippen LogP) is 5.60. The molecular formula is C26H25ClN2O5. The maximum Gasteiger partial charge on any atom is 0.306 e. The Morgan fingerprint density at radius 1 is 0.735 bits per heavy atom. The molecule has 0 spiro atoms. The fraction of sp³-hybridized carbons (Fsp3) is 0.192. The van der Waals surface area contributed by atoms with Crippen LogP contribution in [0.4, 0.5) is 11.4 Å². The summed E-state index contributed by atoms with van der Waals surface area (Å²) in [4.78, 5) is 35.9. The van der Waals surface area contributed by atoms with E-state index < -0.39 is 18.5 Å². The fourth-order valence-electron chi connectivity index (χ4n) is 2.92. The van der Waals surface area contributed by atoms with Crippen molar-refractivity contribution in [2.75, 3.05) is 17.2 Å². The van der Waals surface area contributed by atoms with Gasteiger partial charge in [0.2, 0.25) is 5.91 Å². The SMILES string of the molecule is CCc1ccc(NC(=O)COC(=O)CCC(=O)Nc2ccc(Oc3ccc(Cl)cc3)cc2)cc1. The van der Waals surface area contributed by atoms with E-state index in [2.05, 4.69) is 10.6 Å². The number of rotatable bonds is 10. The summed E-state index contributed by atoms with van der Waals surface area (Å²) in [5.41, 5.74) is 2.35. The summed E-state index contributed by atoms with van der Waals surface area (Å²) in [6.45, 7) is 1.63. The van der Waals surface area contributed by atoms with E-state index in [-0.39, 0.29) is 18.7 Å². The molecular weight excluding hydrogens is 456 g/mol. The van der Waals surface area contributed by atoms with Crippen molar-refractivity contribution in [2.45, 2.75) is 26.2 Å². The molecule has 0 bridgehead atoms. The normalized spacial score (nSPS) is 10.3. The number of amides is 2. The lowest BCUT2D eigenvalue weighted by Gasteiger charge is -2.09. The molecule has 0 aliphatic carbocycles. The molecule has 2 N–H and O–H groups in total. The number of benzene rings is 3. The van der Waals surface area contributed by atoms with Gasteiger partial charge in [0, 0.05) is 22.8 Å². The standard InChI is InChI=1S/C26H25ClN2O5/c1-2-18-3-7-20(8-4-18)29-25(31)17-33-26(32)16-15-24(30)28-21-9-13-23(14-10-21)34-22-11-5-19(27)6-12-22/h3-14H,2,15-17H2,1H3,(H,28,30)(H,29,31). The summed E-state index contributed by atoms with van der Waals surface area (Å²) in [5, 5.41) is 5.98. The minimum Gasteiger partial charge on any atom is -0.457 e. The molecule has 3 aromatic rings. The van der Waals surface area contributed by atoms with Gasteiger partial charge in [0.25, 0.3) is 5.91 Å². The van der Waals surface area contributed by atoms with Gasteiger partial charge >= 0.3 is 5.97 Å². The molecule has 0 heterocycles. The largest absolute Gasteiger partial charge is 0.457 e. The van der Waals surface area contributed by atoms with E-state index in [0.29, 0.717) is 27.9 Å². The van der Waals surface area contributed by atoms with Crippen LogP contribution in [0.5, 0.6) is 11.5 Å². The number of hydrogen-bond acceptors (Lipinski definition) is 5. The zero-order chi connectivity index (χ0) is 24.3. The molecule has 8 heteroatoms. The minimum atomic E-state index is -0.627. The van der Waals surface area contributed by atoms with Gasteiger partial charge in [0.05, 0.1) is 6.42 Å². The lowest BCUT2D eigenvalue weighted by atomic mass is 10.1. The first kappa shape index (κ1) is 24.8. The number of anilines is 2.